The fourth-order valence-corrected chi connectivity index (χ4v) is 5.43. The van der Waals surface area contributed by atoms with Gasteiger partial charge in [-0.05, 0) is 82.3 Å². The third-order valence-electron chi connectivity index (χ3n) is 7.88. The molecule has 4 heteroatoms. The Morgan fingerprint density at radius 2 is 1.56 bits per heavy atom. The summed E-state index contributed by atoms with van der Waals surface area (Å²) in [6.07, 6.45) is 6.25. The molecular formula is C32H38N2O2. The molecule has 1 N–H and O–H groups in total. The Morgan fingerprint density at radius 3 is 2.25 bits per heavy atom. The van der Waals surface area contributed by atoms with Gasteiger partial charge in [0.05, 0.1) is 0 Å². The lowest BCUT2D eigenvalue weighted by Gasteiger charge is -2.45. The van der Waals surface area contributed by atoms with E-state index in [1.54, 1.807) is 0 Å². The summed E-state index contributed by atoms with van der Waals surface area (Å²) in [5.74, 6) is 0.107. The van der Waals surface area contributed by atoms with Crippen molar-refractivity contribution < 1.29 is 9.59 Å². The largest absolute Gasteiger partial charge is 0.353 e. The molecule has 0 spiro atoms. The number of hydrogen-bond acceptors (Lipinski definition) is 3. The average molecular weight is 483 g/mol. The molecule has 0 bridgehead atoms. The van der Waals surface area contributed by atoms with Gasteiger partial charge in [0.1, 0.15) is 0 Å². The van der Waals surface area contributed by atoms with E-state index < -0.39 is 0 Å². The maximum atomic E-state index is 12.8. The number of carbonyl (C=O) groups excluding carboxylic acids is 2. The van der Waals surface area contributed by atoms with Gasteiger partial charge in [-0.3, -0.25) is 9.59 Å². The molecule has 1 saturated carbocycles. The number of nitrogens with one attached hydrogen (secondary N) is 1. The monoisotopic (exact) mass is 482 g/mol. The molecule has 1 amide bonds. The Balaban J connectivity index is 1.29. The van der Waals surface area contributed by atoms with Gasteiger partial charge in [0, 0.05) is 29.1 Å². The number of aryl methyl sites for hydroxylation is 2. The van der Waals surface area contributed by atoms with E-state index in [0.717, 1.165) is 37.7 Å². The van der Waals surface area contributed by atoms with Crippen LogP contribution in [0.25, 0.3) is 0 Å². The van der Waals surface area contributed by atoms with Crippen LogP contribution in [-0.2, 0) is 17.6 Å². The van der Waals surface area contributed by atoms with Crippen molar-refractivity contribution in [3.8, 4) is 0 Å². The van der Waals surface area contributed by atoms with Crippen LogP contribution in [0.15, 0.2) is 78.9 Å². The molecule has 188 valence electrons. The second-order valence-corrected chi connectivity index (χ2v) is 10.5. The first-order valence-electron chi connectivity index (χ1n) is 13.1. The molecule has 0 aromatic heterocycles. The van der Waals surface area contributed by atoms with Crippen LogP contribution in [0, 0.1) is 6.92 Å². The highest BCUT2D eigenvalue weighted by molar-refractivity contribution is 6.09. The van der Waals surface area contributed by atoms with Crippen LogP contribution in [0.3, 0.4) is 0 Å². The van der Waals surface area contributed by atoms with Gasteiger partial charge in [-0.15, -0.1) is 0 Å². The van der Waals surface area contributed by atoms with Crippen LogP contribution >= 0.6 is 0 Å². The summed E-state index contributed by atoms with van der Waals surface area (Å²) in [5, 5.41) is 3.28. The molecule has 4 rings (SSSR count). The topological polar surface area (TPSA) is 49.4 Å². The highest BCUT2D eigenvalue weighted by Gasteiger charge is 2.37. The SMILES string of the molecule is Cc1ccccc1CC1(N(C)C)CCC(NC(=O)CCc2cccc(C(=O)c3ccccc3)c2)CC1. The van der Waals surface area contributed by atoms with Crippen molar-refractivity contribution >= 4 is 11.7 Å². The van der Waals surface area contributed by atoms with Crippen molar-refractivity contribution in [2.24, 2.45) is 0 Å². The fraction of sp³-hybridized carbons (Fsp3) is 0.375. The van der Waals surface area contributed by atoms with Gasteiger partial charge < -0.3 is 10.2 Å². The maximum Gasteiger partial charge on any atom is 0.220 e. The van der Waals surface area contributed by atoms with Crippen molar-refractivity contribution in [2.45, 2.75) is 63.5 Å². The molecule has 1 fully saturated rings. The molecule has 1 aliphatic carbocycles. The van der Waals surface area contributed by atoms with Crippen molar-refractivity contribution in [1.29, 1.82) is 0 Å². The van der Waals surface area contributed by atoms with Gasteiger partial charge in [0.15, 0.2) is 5.78 Å². The molecule has 4 nitrogen and oxygen atoms in total. The fourth-order valence-electron chi connectivity index (χ4n) is 5.43. The molecule has 3 aromatic rings. The lowest BCUT2D eigenvalue weighted by atomic mass is 9.74. The Morgan fingerprint density at radius 1 is 0.889 bits per heavy atom. The number of carbonyl (C=O) groups is 2. The molecule has 0 atom stereocenters. The van der Waals surface area contributed by atoms with E-state index in [4.69, 9.17) is 0 Å². The number of hydrogen-bond donors (Lipinski definition) is 1. The number of ketones is 1. The van der Waals surface area contributed by atoms with Gasteiger partial charge in [0.2, 0.25) is 5.91 Å². The van der Waals surface area contributed by atoms with Gasteiger partial charge in [-0.25, -0.2) is 0 Å². The van der Waals surface area contributed by atoms with E-state index in [-0.39, 0.29) is 23.3 Å². The predicted molar refractivity (Wildman–Crippen MR) is 146 cm³/mol. The first-order valence-corrected chi connectivity index (χ1v) is 13.1. The van der Waals surface area contributed by atoms with Gasteiger partial charge in [-0.1, -0.05) is 72.8 Å². The number of likely N-dealkylation sites (N-methyl/N-ethyl adjacent to an activating group) is 1. The zero-order valence-electron chi connectivity index (χ0n) is 21.8. The molecule has 0 unspecified atom stereocenters. The highest BCUT2D eigenvalue weighted by atomic mass is 16.1. The quantitative estimate of drug-likeness (QED) is 0.395. The summed E-state index contributed by atoms with van der Waals surface area (Å²) in [6, 6.07) is 25.9. The van der Waals surface area contributed by atoms with E-state index in [1.807, 2.05) is 54.6 Å². The molecule has 36 heavy (non-hydrogen) atoms. The van der Waals surface area contributed by atoms with E-state index in [2.05, 4.69) is 55.5 Å². The van der Waals surface area contributed by atoms with Crippen molar-refractivity contribution in [2.75, 3.05) is 14.1 Å². The number of benzene rings is 3. The van der Waals surface area contributed by atoms with E-state index in [0.29, 0.717) is 24.0 Å². The number of amides is 1. The van der Waals surface area contributed by atoms with Crippen LogP contribution in [0.1, 0.15) is 64.7 Å². The Hall–Kier alpha value is -3.24. The zero-order chi connectivity index (χ0) is 25.5. The Bertz CT molecular complexity index is 1180. The summed E-state index contributed by atoms with van der Waals surface area (Å²) in [4.78, 5) is 27.9. The third kappa shape index (κ3) is 6.30. The minimum absolute atomic E-state index is 0.0131. The lowest BCUT2D eigenvalue weighted by molar-refractivity contribution is -0.122. The minimum Gasteiger partial charge on any atom is -0.353 e. The summed E-state index contributed by atoms with van der Waals surface area (Å²) >= 11 is 0. The van der Waals surface area contributed by atoms with E-state index >= 15 is 0 Å². The van der Waals surface area contributed by atoms with E-state index in [1.165, 1.54) is 11.1 Å². The van der Waals surface area contributed by atoms with Crippen LogP contribution in [0.2, 0.25) is 0 Å². The Labute approximate surface area is 215 Å². The van der Waals surface area contributed by atoms with Crippen LogP contribution in [-0.4, -0.2) is 42.3 Å². The summed E-state index contributed by atoms with van der Waals surface area (Å²) in [5.41, 5.74) is 5.27. The summed E-state index contributed by atoms with van der Waals surface area (Å²) < 4.78 is 0. The van der Waals surface area contributed by atoms with Gasteiger partial charge in [0.25, 0.3) is 0 Å². The first-order chi connectivity index (χ1) is 17.4. The van der Waals surface area contributed by atoms with Crippen molar-refractivity contribution in [3.63, 3.8) is 0 Å². The normalized spacial score (nSPS) is 19.7. The molecular weight excluding hydrogens is 444 g/mol. The van der Waals surface area contributed by atoms with Gasteiger partial charge >= 0.3 is 0 Å². The maximum absolute atomic E-state index is 12.8. The van der Waals surface area contributed by atoms with Crippen LogP contribution in [0.5, 0.6) is 0 Å². The zero-order valence-corrected chi connectivity index (χ0v) is 21.8. The predicted octanol–water partition coefficient (Wildman–Crippen LogP) is 5.76. The summed E-state index contributed by atoms with van der Waals surface area (Å²) in [6.45, 7) is 2.19. The minimum atomic E-state index is 0.0131. The molecule has 0 radical (unpaired) electrons. The van der Waals surface area contributed by atoms with Crippen molar-refractivity contribution in [1.82, 2.24) is 10.2 Å². The molecule has 3 aromatic carbocycles. The highest BCUT2D eigenvalue weighted by Crippen LogP contribution is 2.36. The van der Waals surface area contributed by atoms with E-state index in [9.17, 15) is 9.59 Å². The second-order valence-electron chi connectivity index (χ2n) is 10.5. The lowest BCUT2D eigenvalue weighted by Crippen LogP contribution is -2.52. The number of rotatable bonds is 9. The standard InChI is InChI=1S/C32H38N2O2/c1-24-10-7-8-14-28(24)23-32(34(2)3)20-18-29(19-21-32)33-30(35)17-16-25-11-9-15-27(22-25)31(36)26-12-5-4-6-13-26/h4-15,22,29H,16-21,23H2,1-3H3,(H,33,35). The third-order valence-corrected chi connectivity index (χ3v) is 7.88. The first kappa shape index (κ1) is 25.8. The second kappa shape index (κ2) is 11.7. The molecule has 0 saturated heterocycles. The van der Waals surface area contributed by atoms with Crippen LogP contribution < -0.4 is 5.32 Å². The molecule has 0 aliphatic heterocycles. The van der Waals surface area contributed by atoms with Crippen molar-refractivity contribution in [3.05, 3.63) is 107 Å². The molecule has 1 aliphatic rings. The Kier molecular flexibility index (Phi) is 8.37. The molecule has 0 heterocycles. The number of nitrogens with zero attached hydrogens (tertiary/aromatic N) is 1. The smallest absolute Gasteiger partial charge is 0.220 e. The average Bonchev–Trinajstić information content (AvgIpc) is 2.90. The summed E-state index contributed by atoms with van der Waals surface area (Å²) in [7, 11) is 4.38. The van der Waals surface area contributed by atoms with Gasteiger partial charge in [-0.2, -0.15) is 0 Å². The van der Waals surface area contributed by atoms with Crippen LogP contribution in [0.4, 0.5) is 0 Å².